The first-order valence-corrected chi connectivity index (χ1v) is 12.2. The Kier molecular flexibility index (Phi) is 5.28. The van der Waals surface area contributed by atoms with Gasteiger partial charge in [-0.15, -0.1) is 10.2 Å². The van der Waals surface area contributed by atoms with Crippen molar-refractivity contribution in [1.29, 1.82) is 0 Å². The number of aromatic nitrogens is 6. The first kappa shape index (κ1) is 22.3. The molecule has 0 spiro atoms. The minimum absolute atomic E-state index is 0.0126. The molecule has 182 valence electrons. The summed E-state index contributed by atoms with van der Waals surface area (Å²) < 4.78 is 0. The van der Waals surface area contributed by atoms with Crippen LogP contribution in [-0.4, -0.2) is 41.3 Å². The van der Waals surface area contributed by atoms with E-state index < -0.39 is 5.97 Å². The van der Waals surface area contributed by atoms with Crippen LogP contribution in [0.15, 0.2) is 42.7 Å². The first-order valence-electron chi connectivity index (χ1n) is 12.2. The van der Waals surface area contributed by atoms with E-state index in [-0.39, 0.29) is 17.9 Å². The number of nitrogens with one attached hydrogen (secondary N) is 1. The average molecular weight is 482 g/mol. The summed E-state index contributed by atoms with van der Waals surface area (Å²) in [6.07, 6.45) is 6.03. The van der Waals surface area contributed by atoms with Gasteiger partial charge in [0, 0.05) is 11.5 Å². The molecule has 2 N–H and O–H groups in total. The van der Waals surface area contributed by atoms with Gasteiger partial charge in [-0.25, -0.2) is 4.98 Å². The largest absolute Gasteiger partial charge is 0.481 e. The Morgan fingerprint density at radius 2 is 1.94 bits per heavy atom. The molecule has 2 aromatic heterocycles. The maximum atomic E-state index is 11.1. The Hall–Kier alpha value is -4.14. The zero-order valence-electron chi connectivity index (χ0n) is 20.4. The Balaban J connectivity index is 1.25. The van der Waals surface area contributed by atoms with Crippen LogP contribution in [0.4, 0.5) is 5.82 Å². The van der Waals surface area contributed by atoms with Crippen molar-refractivity contribution in [2.45, 2.75) is 45.1 Å². The summed E-state index contributed by atoms with van der Waals surface area (Å²) in [6, 6.07) is 10.9. The molecule has 2 aromatic carbocycles. The number of anilines is 1. The second-order valence-electron chi connectivity index (χ2n) is 9.81. The van der Waals surface area contributed by atoms with Gasteiger partial charge < -0.3 is 10.4 Å². The van der Waals surface area contributed by atoms with Gasteiger partial charge >= 0.3 is 5.97 Å². The topological polar surface area (TPSA) is 119 Å². The van der Waals surface area contributed by atoms with E-state index in [4.69, 9.17) is 5.11 Å². The highest BCUT2D eigenvalue weighted by Crippen LogP contribution is 2.47. The summed E-state index contributed by atoms with van der Waals surface area (Å²) in [7, 11) is 1.77. The highest BCUT2D eigenvalue weighted by Gasteiger charge is 2.45. The van der Waals surface area contributed by atoms with E-state index in [2.05, 4.69) is 74.9 Å². The van der Waals surface area contributed by atoms with Crippen LogP contribution in [0.3, 0.4) is 0 Å². The molecule has 0 saturated heterocycles. The van der Waals surface area contributed by atoms with Gasteiger partial charge in [-0.1, -0.05) is 18.2 Å². The number of carbonyl (C=O) groups is 1. The fourth-order valence-electron chi connectivity index (χ4n) is 5.53. The van der Waals surface area contributed by atoms with Gasteiger partial charge in [-0.2, -0.15) is 4.80 Å². The average Bonchev–Trinajstić information content (AvgIpc) is 3.39. The molecule has 2 aliphatic carbocycles. The van der Waals surface area contributed by atoms with Gasteiger partial charge in [0.15, 0.2) is 0 Å². The second-order valence-corrected chi connectivity index (χ2v) is 9.81. The van der Waals surface area contributed by atoms with Crippen LogP contribution in [-0.2, 0) is 18.3 Å². The van der Waals surface area contributed by atoms with Crippen LogP contribution in [0, 0.1) is 19.8 Å². The van der Waals surface area contributed by atoms with Crippen LogP contribution in [0.1, 0.15) is 52.7 Å². The lowest BCUT2D eigenvalue weighted by Gasteiger charge is -2.18. The predicted molar refractivity (Wildman–Crippen MR) is 134 cm³/mol. The van der Waals surface area contributed by atoms with Crippen molar-refractivity contribution in [1.82, 2.24) is 30.2 Å². The number of rotatable bonds is 6. The molecule has 1 fully saturated rings. The smallest absolute Gasteiger partial charge is 0.307 e. The Morgan fingerprint density at radius 1 is 1.14 bits per heavy atom. The Labute approximate surface area is 208 Å². The number of nitrogens with zero attached hydrogens (tertiary/aromatic N) is 6. The molecule has 0 radical (unpaired) electrons. The van der Waals surface area contributed by atoms with Crippen molar-refractivity contribution in [2.24, 2.45) is 13.0 Å². The molecule has 1 saturated carbocycles. The molecule has 6 rings (SSSR count). The van der Waals surface area contributed by atoms with E-state index in [9.17, 15) is 4.79 Å². The quantitative estimate of drug-likeness (QED) is 0.420. The molecule has 2 aliphatic rings. The third kappa shape index (κ3) is 3.90. The highest BCUT2D eigenvalue weighted by atomic mass is 16.4. The SMILES string of the molecule is Cc1cc(-c2nnn(C)n2)cc(C)c1-c1cccc2c1CC[C@H]2Nc1cnc([C@@H]2C[C@H]2C(=O)O)cn1. The summed E-state index contributed by atoms with van der Waals surface area (Å²) >= 11 is 0. The maximum absolute atomic E-state index is 11.1. The third-order valence-corrected chi connectivity index (χ3v) is 7.32. The van der Waals surface area contributed by atoms with E-state index in [0.717, 1.165) is 24.1 Å². The molecule has 2 heterocycles. The van der Waals surface area contributed by atoms with Crippen molar-refractivity contribution in [3.8, 4) is 22.5 Å². The van der Waals surface area contributed by atoms with Crippen LogP contribution in [0.25, 0.3) is 22.5 Å². The van der Waals surface area contributed by atoms with Crippen LogP contribution in [0.5, 0.6) is 0 Å². The molecule has 9 heteroatoms. The molecule has 0 amide bonds. The van der Waals surface area contributed by atoms with Crippen LogP contribution >= 0.6 is 0 Å². The number of aliphatic carboxylic acids is 1. The lowest BCUT2D eigenvalue weighted by molar-refractivity contribution is -0.138. The molecular weight excluding hydrogens is 454 g/mol. The van der Waals surface area contributed by atoms with E-state index in [1.807, 2.05) is 0 Å². The summed E-state index contributed by atoms with van der Waals surface area (Å²) in [4.78, 5) is 21.6. The minimum Gasteiger partial charge on any atom is -0.481 e. The molecule has 9 nitrogen and oxygen atoms in total. The zero-order valence-corrected chi connectivity index (χ0v) is 20.4. The van der Waals surface area contributed by atoms with Crippen molar-refractivity contribution in [3.63, 3.8) is 0 Å². The number of carboxylic acids is 1. The maximum Gasteiger partial charge on any atom is 0.307 e. The molecule has 36 heavy (non-hydrogen) atoms. The normalized spacial score (nSPS) is 20.2. The number of carboxylic acid groups (broad SMARTS) is 1. The van der Waals surface area contributed by atoms with Gasteiger partial charge in [0.1, 0.15) is 5.82 Å². The number of tetrazole rings is 1. The number of hydrogen-bond donors (Lipinski definition) is 2. The number of hydrogen-bond acceptors (Lipinski definition) is 7. The first-order chi connectivity index (χ1) is 17.4. The molecule has 4 aromatic rings. The minimum atomic E-state index is -0.757. The van der Waals surface area contributed by atoms with E-state index in [1.165, 1.54) is 38.2 Å². The summed E-state index contributed by atoms with van der Waals surface area (Å²) in [6.45, 7) is 4.27. The molecular formula is C27H27N7O2. The van der Waals surface area contributed by atoms with Gasteiger partial charge in [-0.3, -0.25) is 9.78 Å². The van der Waals surface area contributed by atoms with Crippen molar-refractivity contribution < 1.29 is 9.90 Å². The Morgan fingerprint density at radius 3 is 2.58 bits per heavy atom. The van der Waals surface area contributed by atoms with Gasteiger partial charge in [0.25, 0.3) is 0 Å². The highest BCUT2D eigenvalue weighted by molar-refractivity contribution is 5.78. The summed E-state index contributed by atoms with van der Waals surface area (Å²) in [5.41, 5.74) is 9.25. The monoisotopic (exact) mass is 481 g/mol. The number of fused-ring (bicyclic) bond motifs is 1. The molecule has 0 aliphatic heterocycles. The summed E-state index contributed by atoms with van der Waals surface area (Å²) in [5, 5.41) is 25.2. The Bertz CT molecular complexity index is 1450. The van der Waals surface area contributed by atoms with E-state index >= 15 is 0 Å². The van der Waals surface area contributed by atoms with E-state index in [1.54, 1.807) is 19.4 Å². The van der Waals surface area contributed by atoms with Gasteiger partial charge in [0.05, 0.1) is 37.1 Å². The standard InChI is InChI=1S/C27H27N7O2/c1-14-9-16(26-31-33-34(3)32-26)10-15(2)25(14)19-6-4-5-18-17(19)7-8-22(18)30-24-13-28-23(12-29-24)20-11-21(20)27(35)36/h4-6,9-10,12-13,20-22H,7-8,11H2,1-3H3,(H,29,30)(H,35,36)/t20-,21-,22-/m1/s1. The molecule has 0 unspecified atom stereocenters. The number of aryl methyl sites for hydroxylation is 3. The van der Waals surface area contributed by atoms with Gasteiger partial charge in [-0.05, 0) is 83.8 Å². The van der Waals surface area contributed by atoms with Gasteiger partial charge in [0.2, 0.25) is 5.82 Å². The fraction of sp³-hybridized carbons (Fsp3) is 0.333. The zero-order chi connectivity index (χ0) is 25.0. The lowest BCUT2D eigenvalue weighted by atomic mass is 9.89. The van der Waals surface area contributed by atoms with Crippen LogP contribution < -0.4 is 5.32 Å². The fourth-order valence-corrected chi connectivity index (χ4v) is 5.53. The molecule has 0 bridgehead atoms. The second kappa shape index (κ2) is 8.51. The third-order valence-electron chi connectivity index (χ3n) is 7.32. The van der Waals surface area contributed by atoms with Crippen molar-refractivity contribution in [2.75, 3.05) is 5.32 Å². The number of benzene rings is 2. The van der Waals surface area contributed by atoms with E-state index in [0.29, 0.717) is 18.1 Å². The predicted octanol–water partition coefficient (Wildman–Crippen LogP) is 4.24. The molecule has 3 atom stereocenters. The van der Waals surface area contributed by atoms with Crippen molar-refractivity contribution >= 4 is 11.8 Å². The summed E-state index contributed by atoms with van der Waals surface area (Å²) in [5.74, 6) is 0.248. The van der Waals surface area contributed by atoms with Crippen LogP contribution in [0.2, 0.25) is 0 Å². The lowest BCUT2D eigenvalue weighted by Crippen LogP contribution is -2.09. The van der Waals surface area contributed by atoms with Crippen molar-refractivity contribution in [3.05, 3.63) is 70.7 Å².